The van der Waals surface area contributed by atoms with Crippen LogP contribution in [-0.2, 0) is 16.1 Å². The van der Waals surface area contributed by atoms with Gasteiger partial charge in [0.15, 0.2) is 0 Å². The van der Waals surface area contributed by atoms with Crippen LogP contribution in [0.2, 0.25) is 0 Å². The number of nitrogens with one attached hydrogen (secondary N) is 1. The number of morpholine rings is 1. The predicted molar refractivity (Wildman–Crippen MR) is 106 cm³/mol. The molecule has 1 amide bonds. The average molecular weight is 384 g/mol. The summed E-state index contributed by atoms with van der Waals surface area (Å²) in [5.41, 5.74) is 2.11. The molecule has 0 unspecified atom stereocenters. The van der Waals surface area contributed by atoms with Crippen molar-refractivity contribution < 1.29 is 9.53 Å². The van der Waals surface area contributed by atoms with E-state index in [-0.39, 0.29) is 5.91 Å². The first kappa shape index (κ1) is 19.0. The van der Waals surface area contributed by atoms with Crippen LogP contribution >= 0.6 is 0 Å². The molecule has 0 bridgehead atoms. The van der Waals surface area contributed by atoms with E-state index in [4.69, 9.17) is 4.74 Å². The number of rotatable bonds is 6. The van der Waals surface area contributed by atoms with E-state index in [0.717, 1.165) is 64.5 Å². The Bertz CT molecular complexity index is 735. The van der Waals surface area contributed by atoms with Crippen molar-refractivity contribution in [2.24, 2.45) is 0 Å². The predicted octanol–water partition coefficient (Wildman–Crippen LogP) is 1.39. The van der Waals surface area contributed by atoms with E-state index in [1.165, 1.54) is 5.56 Å². The van der Waals surface area contributed by atoms with Crippen LogP contribution in [0.5, 0.6) is 0 Å². The van der Waals surface area contributed by atoms with Gasteiger partial charge in [-0.15, -0.1) is 0 Å². The van der Waals surface area contributed by atoms with E-state index in [2.05, 4.69) is 37.3 Å². The third kappa shape index (κ3) is 5.15. The summed E-state index contributed by atoms with van der Waals surface area (Å²) >= 11 is 0. The molecule has 0 radical (unpaired) electrons. The van der Waals surface area contributed by atoms with Crippen LogP contribution in [0.1, 0.15) is 24.4 Å². The van der Waals surface area contributed by atoms with Crippen LogP contribution in [0.15, 0.2) is 36.9 Å². The highest BCUT2D eigenvalue weighted by Crippen LogP contribution is 2.21. The maximum Gasteiger partial charge on any atom is 0.238 e. The minimum Gasteiger partial charge on any atom is -0.379 e. The first-order valence-corrected chi connectivity index (χ1v) is 10.0. The number of ether oxygens (including phenoxy) is 1. The topological polar surface area (TPSA) is 75.5 Å². The molecule has 0 spiro atoms. The summed E-state index contributed by atoms with van der Waals surface area (Å²) in [4.78, 5) is 21.0. The van der Waals surface area contributed by atoms with E-state index in [1.807, 2.05) is 16.8 Å². The van der Waals surface area contributed by atoms with Gasteiger partial charge in [0, 0.05) is 38.4 Å². The van der Waals surface area contributed by atoms with Crippen LogP contribution in [-0.4, -0.2) is 76.4 Å². The molecule has 8 nitrogen and oxygen atoms in total. The average Bonchev–Trinajstić information content (AvgIpc) is 3.26. The van der Waals surface area contributed by atoms with Gasteiger partial charge in [0.25, 0.3) is 0 Å². The van der Waals surface area contributed by atoms with Crippen molar-refractivity contribution in [3.05, 3.63) is 42.5 Å². The van der Waals surface area contributed by atoms with E-state index in [9.17, 15) is 4.79 Å². The molecule has 0 atom stereocenters. The molecule has 2 aromatic rings. The lowest BCUT2D eigenvalue weighted by molar-refractivity contribution is -0.117. The normalized spacial score (nSPS) is 19.6. The van der Waals surface area contributed by atoms with E-state index in [1.54, 1.807) is 12.7 Å². The molecule has 2 fully saturated rings. The number of aromatic nitrogens is 3. The minimum atomic E-state index is 0.0418. The summed E-state index contributed by atoms with van der Waals surface area (Å²) in [7, 11) is 0. The Morgan fingerprint density at radius 3 is 2.50 bits per heavy atom. The molecule has 2 aliphatic rings. The van der Waals surface area contributed by atoms with Crippen molar-refractivity contribution in [3.63, 3.8) is 0 Å². The summed E-state index contributed by atoms with van der Waals surface area (Å²) < 4.78 is 7.31. The molecule has 28 heavy (non-hydrogen) atoms. The Balaban J connectivity index is 1.20. The summed E-state index contributed by atoms with van der Waals surface area (Å²) in [6, 6.07) is 8.55. The molecule has 2 saturated heterocycles. The van der Waals surface area contributed by atoms with Gasteiger partial charge in [0.1, 0.15) is 12.7 Å². The first-order chi connectivity index (χ1) is 13.8. The number of anilines is 1. The van der Waals surface area contributed by atoms with Crippen LogP contribution in [0, 0.1) is 0 Å². The van der Waals surface area contributed by atoms with Gasteiger partial charge in [-0.1, -0.05) is 12.1 Å². The smallest absolute Gasteiger partial charge is 0.238 e. The number of hydrogen-bond donors (Lipinski definition) is 1. The summed E-state index contributed by atoms with van der Waals surface area (Å²) in [5, 5.41) is 7.24. The van der Waals surface area contributed by atoms with Crippen LogP contribution in [0.4, 0.5) is 5.69 Å². The Hall–Kier alpha value is -2.29. The van der Waals surface area contributed by atoms with E-state index in [0.29, 0.717) is 12.6 Å². The Kier molecular flexibility index (Phi) is 6.31. The number of carbonyl (C=O) groups is 1. The zero-order valence-corrected chi connectivity index (χ0v) is 16.2. The molecule has 0 aliphatic carbocycles. The Morgan fingerprint density at radius 2 is 1.82 bits per heavy atom. The highest BCUT2D eigenvalue weighted by molar-refractivity contribution is 5.92. The molecular weight excluding hydrogens is 356 g/mol. The van der Waals surface area contributed by atoms with Gasteiger partial charge in [-0.2, -0.15) is 5.10 Å². The third-order valence-electron chi connectivity index (χ3n) is 5.48. The van der Waals surface area contributed by atoms with Gasteiger partial charge in [0.05, 0.1) is 25.8 Å². The third-order valence-corrected chi connectivity index (χ3v) is 5.48. The molecule has 0 saturated carbocycles. The number of piperidine rings is 1. The first-order valence-electron chi connectivity index (χ1n) is 10.0. The molecule has 2 aliphatic heterocycles. The molecule has 150 valence electrons. The largest absolute Gasteiger partial charge is 0.379 e. The molecule has 4 rings (SSSR count). The van der Waals surface area contributed by atoms with Gasteiger partial charge in [0.2, 0.25) is 5.91 Å². The number of hydrogen-bond acceptors (Lipinski definition) is 6. The SMILES string of the molecule is O=C(CN1CCC(n2cncn2)CC1)Nc1ccc(CN2CCOCC2)cc1. The number of carbonyl (C=O) groups excluding carboxylic acids is 1. The highest BCUT2D eigenvalue weighted by Gasteiger charge is 2.22. The number of likely N-dealkylation sites (tertiary alicyclic amines) is 1. The Morgan fingerprint density at radius 1 is 1.07 bits per heavy atom. The van der Waals surface area contributed by atoms with Gasteiger partial charge in [-0.05, 0) is 30.5 Å². The lowest BCUT2D eigenvalue weighted by atomic mass is 10.1. The molecular formula is C20H28N6O2. The maximum atomic E-state index is 12.4. The van der Waals surface area contributed by atoms with Crippen molar-refractivity contribution in [3.8, 4) is 0 Å². The van der Waals surface area contributed by atoms with Gasteiger partial charge in [-0.3, -0.25) is 14.6 Å². The van der Waals surface area contributed by atoms with Gasteiger partial charge >= 0.3 is 0 Å². The van der Waals surface area contributed by atoms with Crippen molar-refractivity contribution in [2.45, 2.75) is 25.4 Å². The van der Waals surface area contributed by atoms with Crippen LogP contribution < -0.4 is 5.32 Å². The second-order valence-electron chi connectivity index (χ2n) is 7.52. The van der Waals surface area contributed by atoms with Crippen molar-refractivity contribution in [1.82, 2.24) is 24.6 Å². The molecule has 1 N–H and O–H groups in total. The highest BCUT2D eigenvalue weighted by atomic mass is 16.5. The monoisotopic (exact) mass is 384 g/mol. The van der Waals surface area contributed by atoms with Crippen molar-refractivity contribution in [1.29, 1.82) is 0 Å². The maximum absolute atomic E-state index is 12.4. The standard InChI is InChI=1S/C20H28N6O2/c27-20(14-24-7-5-19(6-8-24)26-16-21-15-22-26)23-18-3-1-17(2-4-18)13-25-9-11-28-12-10-25/h1-4,15-16,19H,5-14H2,(H,23,27). The minimum absolute atomic E-state index is 0.0418. The molecule has 1 aromatic heterocycles. The lowest BCUT2D eigenvalue weighted by Crippen LogP contribution is -2.39. The van der Waals surface area contributed by atoms with E-state index >= 15 is 0 Å². The lowest BCUT2D eigenvalue weighted by Gasteiger charge is -2.31. The summed E-state index contributed by atoms with van der Waals surface area (Å²) in [5.74, 6) is 0.0418. The molecule has 1 aromatic carbocycles. The second-order valence-corrected chi connectivity index (χ2v) is 7.52. The van der Waals surface area contributed by atoms with E-state index < -0.39 is 0 Å². The molecule has 3 heterocycles. The second kappa shape index (κ2) is 9.27. The number of benzene rings is 1. The zero-order valence-electron chi connectivity index (χ0n) is 16.2. The van der Waals surface area contributed by atoms with Crippen molar-refractivity contribution >= 4 is 11.6 Å². The summed E-state index contributed by atoms with van der Waals surface area (Å²) in [6.45, 7) is 6.73. The van der Waals surface area contributed by atoms with Crippen LogP contribution in [0.25, 0.3) is 0 Å². The quantitative estimate of drug-likeness (QED) is 0.811. The zero-order chi connectivity index (χ0) is 19.2. The van der Waals surface area contributed by atoms with Crippen molar-refractivity contribution in [2.75, 3.05) is 51.3 Å². The fourth-order valence-electron chi connectivity index (χ4n) is 3.86. The van der Waals surface area contributed by atoms with Crippen LogP contribution in [0.3, 0.4) is 0 Å². The van der Waals surface area contributed by atoms with Gasteiger partial charge in [-0.25, -0.2) is 9.67 Å². The van der Waals surface area contributed by atoms with Gasteiger partial charge < -0.3 is 10.1 Å². The fourth-order valence-corrected chi connectivity index (χ4v) is 3.86. The fraction of sp³-hybridized carbons (Fsp3) is 0.550. The molecule has 8 heteroatoms. The number of nitrogens with zero attached hydrogens (tertiary/aromatic N) is 5. The Labute approximate surface area is 165 Å². The number of amides is 1. The summed E-state index contributed by atoms with van der Waals surface area (Å²) in [6.07, 6.45) is 5.33.